The molecular formula is C46H68N2NiO2. The molecule has 4 nitrogen and oxygen atoms in total. The largest absolute Gasteiger partial charge is 2.00 e. The first-order valence-corrected chi connectivity index (χ1v) is 20.0. The predicted octanol–water partition coefficient (Wildman–Crippen LogP) is 12.7. The van der Waals surface area contributed by atoms with Gasteiger partial charge in [-0.1, -0.05) is 141 Å². The number of nitrogens with zero attached hydrogens (tertiary/aromatic N) is 2. The molecule has 0 spiro atoms. The zero-order valence-corrected chi connectivity index (χ0v) is 34.4. The van der Waals surface area contributed by atoms with Gasteiger partial charge in [0.1, 0.15) is 0 Å². The number of aliphatic imine (C=N–C) groups is 2. The normalized spacial score (nSPS) is 11.6. The minimum absolute atomic E-state index is 0. The van der Waals surface area contributed by atoms with E-state index in [9.17, 15) is 10.2 Å². The van der Waals surface area contributed by atoms with Crippen LogP contribution in [0.4, 0.5) is 11.4 Å². The van der Waals surface area contributed by atoms with Gasteiger partial charge >= 0.3 is 16.5 Å². The van der Waals surface area contributed by atoms with Crippen molar-refractivity contribution in [2.75, 3.05) is 0 Å². The topological polar surface area (TPSA) is 70.8 Å². The van der Waals surface area contributed by atoms with Crippen LogP contribution in [-0.4, -0.2) is 11.4 Å². The second-order valence-corrected chi connectivity index (χ2v) is 14.1. The Morgan fingerprint density at radius 2 is 0.784 bits per heavy atom. The van der Waals surface area contributed by atoms with Gasteiger partial charge in [0, 0.05) is 0 Å². The zero-order chi connectivity index (χ0) is 36.7. The SMILES string of the molecule is CCCCCCCCC(=Nc1cc(CCC)cc(CCC)c1)C(CCCC)=Nc1cc(CCC)cc(CCC)c1.Cc1ccc(C)c([O-])c1[O-].[Ni+2]. The van der Waals surface area contributed by atoms with E-state index < -0.39 is 0 Å². The van der Waals surface area contributed by atoms with Crippen molar-refractivity contribution in [3.8, 4) is 11.5 Å². The Morgan fingerprint density at radius 1 is 0.451 bits per heavy atom. The Balaban J connectivity index is 0.00000101. The zero-order valence-electron chi connectivity index (χ0n) is 33.4. The summed E-state index contributed by atoms with van der Waals surface area (Å²) in [5, 5.41) is 21.8. The van der Waals surface area contributed by atoms with Gasteiger partial charge in [0.25, 0.3) is 0 Å². The molecule has 3 rings (SSSR count). The van der Waals surface area contributed by atoms with Crippen molar-refractivity contribution in [2.24, 2.45) is 9.98 Å². The molecule has 0 aliphatic carbocycles. The van der Waals surface area contributed by atoms with Crippen LogP contribution in [0.3, 0.4) is 0 Å². The van der Waals surface area contributed by atoms with Crippen LogP contribution in [0.15, 0.2) is 58.5 Å². The molecule has 0 aliphatic heterocycles. The van der Waals surface area contributed by atoms with Crippen LogP contribution < -0.4 is 10.2 Å². The Labute approximate surface area is 322 Å². The van der Waals surface area contributed by atoms with Gasteiger partial charge in [0.05, 0.1) is 22.8 Å². The monoisotopic (exact) mass is 738 g/mol. The van der Waals surface area contributed by atoms with Gasteiger partial charge in [-0.3, -0.25) is 9.98 Å². The minimum atomic E-state index is -0.375. The molecule has 0 bridgehead atoms. The van der Waals surface area contributed by atoms with E-state index in [1.165, 1.54) is 104 Å². The van der Waals surface area contributed by atoms with E-state index in [4.69, 9.17) is 9.98 Å². The summed E-state index contributed by atoms with van der Waals surface area (Å²) in [5.41, 5.74) is 11.4. The van der Waals surface area contributed by atoms with Crippen LogP contribution in [0.2, 0.25) is 0 Å². The maximum atomic E-state index is 10.9. The Morgan fingerprint density at radius 3 is 1.14 bits per heavy atom. The third kappa shape index (κ3) is 17.4. The molecule has 0 fully saturated rings. The first-order chi connectivity index (χ1) is 24.2. The molecule has 3 aromatic rings. The summed E-state index contributed by atoms with van der Waals surface area (Å²) in [4.78, 5) is 10.8. The summed E-state index contributed by atoms with van der Waals surface area (Å²) >= 11 is 0. The van der Waals surface area contributed by atoms with Crippen LogP contribution in [-0.2, 0) is 42.2 Å². The fraction of sp³-hybridized carbons (Fsp3) is 0.565. The summed E-state index contributed by atoms with van der Waals surface area (Å²) in [5.74, 6) is -0.750. The predicted molar refractivity (Wildman–Crippen MR) is 215 cm³/mol. The average Bonchev–Trinajstić information content (AvgIpc) is 3.09. The van der Waals surface area contributed by atoms with Crippen molar-refractivity contribution >= 4 is 22.8 Å². The molecule has 3 aromatic carbocycles. The standard InChI is InChI=1S/C38H60N2.C8H10O2.Ni/c1-7-13-15-16-17-18-24-38(40-36-29-33(21-11-5)26-34(30-36)22-12-6)37(23-14-8-2)39-35-27-31(19-9-3)25-32(28-35)20-10-4;1-5-3-4-6(2)8(10)7(5)9;/h25-30H,7-24H2,1-6H3;3-4,9-10H,1-2H3;/q;;+2/p-2. The smallest absolute Gasteiger partial charge is 0.873 e. The van der Waals surface area contributed by atoms with Crippen molar-refractivity contribution in [1.29, 1.82) is 0 Å². The summed E-state index contributed by atoms with van der Waals surface area (Å²) in [6.07, 6.45) is 21.3. The quantitative estimate of drug-likeness (QED) is 0.0620. The molecule has 0 N–H and O–H groups in total. The first kappa shape index (κ1) is 46.1. The maximum absolute atomic E-state index is 10.9. The number of benzene rings is 3. The first-order valence-electron chi connectivity index (χ1n) is 20.0. The number of hydrogen-bond acceptors (Lipinski definition) is 4. The van der Waals surface area contributed by atoms with Gasteiger partial charge in [-0.15, -0.1) is 11.5 Å². The van der Waals surface area contributed by atoms with Crippen molar-refractivity contribution in [1.82, 2.24) is 0 Å². The summed E-state index contributed by atoms with van der Waals surface area (Å²) in [6.45, 7) is 16.9. The number of unbranched alkanes of at least 4 members (excludes halogenated alkanes) is 6. The molecule has 0 aromatic heterocycles. The van der Waals surface area contributed by atoms with Gasteiger partial charge in [-0.25, -0.2) is 0 Å². The summed E-state index contributed by atoms with van der Waals surface area (Å²) < 4.78 is 0. The van der Waals surface area contributed by atoms with E-state index in [1.54, 1.807) is 26.0 Å². The van der Waals surface area contributed by atoms with Gasteiger partial charge in [-0.05, 0) is 112 Å². The van der Waals surface area contributed by atoms with Crippen LogP contribution in [0, 0.1) is 13.8 Å². The fourth-order valence-corrected chi connectivity index (χ4v) is 6.36. The van der Waals surface area contributed by atoms with E-state index >= 15 is 0 Å². The summed E-state index contributed by atoms with van der Waals surface area (Å²) in [6, 6.07) is 17.5. The van der Waals surface area contributed by atoms with Crippen LogP contribution in [0.1, 0.15) is 165 Å². The molecule has 0 amide bonds. The molecule has 0 heterocycles. The molecule has 0 radical (unpaired) electrons. The third-order valence-corrected chi connectivity index (χ3v) is 9.13. The fourth-order valence-electron chi connectivity index (χ4n) is 6.36. The molecule has 5 heteroatoms. The average molecular weight is 740 g/mol. The Bertz CT molecular complexity index is 1400. The van der Waals surface area contributed by atoms with Crippen molar-refractivity contribution in [2.45, 2.75) is 171 Å². The minimum Gasteiger partial charge on any atom is -0.873 e. The van der Waals surface area contributed by atoms with E-state index in [0.29, 0.717) is 11.1 Å². The molecule has 0 saturated carbocycles. The van der Waals surface area contributed by atoms with E-state index in [0.717, 1.165) is 56.3 Å². The number of rotatable bonds is 21. The van der Waals surface area contributed by atoms with Gasteiger partial charge in [-0.2, -0.15) is 0 Å². The van der Waals surface area contributed by atoms with Crippen molar-refractivity contribution in [3.63, 3.8) is 0 Å². The molecular weight excluding hydrogens is 671 g/mol. The van der Waals surface area contributed by atoms with Gasteiger partial charge in [0.2, 0.25) is 0 Å². The molecule has 0 unspecified atom stereocenters. The maximum Gasteiger partial charge on any atom is 2.00 e. The van der Waals surface area contributed by atoms with Gasteiger partial charge in [0.15, 0.2) is 0 Å². The van der Waals surface area contributed by atoms with E-state index in [1.807, 2.05) is 0 Å². The van der Waals surface area contributed by atoms with E-state index in [2.05, 4.69) is 77.9 Å². The van der Waals surface area contributed by atoms with Crippen LogP contribution in [0.5, 0.6) is 11.5 Å². The van der Waals surface area contributed by atoms with E-state index in [-0.39, 0.29) is 28.0 Å². The Kier molecular flexibility index (Phi) is 24.2. The van der Waals surface area contributed by atoms with Crippen molar-refractivity contribution in [3.05, 3.63) is 81.9 Å². The third-order valence-electron chi connectivity index (χ3n) is 9.13. The number of aryl methyl sites for hydroxylation is 6. The molecule has 0 saturated heterocycles. The second kappa shape index (κ2) is 26.8. The summed E-state index contributed by atoms with van der Waals surface area (Å²) in [7, 11) is 0. The van der Waals surface area contributed by atoms with Crippen LogP contribution >= 0.6 is 0 Å². The molecule has 0 atom stereocenters. The van der Waals surface area contributed by atoms with Gasteiger partial charge < -0.3 is 10.2 Å². The molecule has 51 heavy (non-hydrogen) atoms. The van der Waals surface area contributed by atoms with Crippen LogP contribution in [0.25, 0.3) is 0 Å². The molecule has 0 aliphatic rings. The molecule has 284 valence electrons. The Hall–Kier alpha value is -2.91. The number of hydrogen-bond donors (Lipinski definition) is 0. The van der Waals surface area contributed by atoms with Crippen molar-refractivity contribution < 1.29 is 26.7 Å². The second-order valence-electron chi connectivity index (χ2n) is 14.1.